The zero-order valence-corrected chi connectivity index (χ0v) is 9.79. The van der Waals surface area contributed by atoms with Gasteiger partial charge in [-0.15, -0.1) is 0 Å². The molecule has 4 nitrogen and oxygen atoms in total. The predicted molar refractivity (Wildman–Crippen MR) is 69.7 cm³/mol. The first-order chi connectivity index (χ1) is 9.19. The van der Waals surface area contributed by atoms with Crippen LogP contribution in [0, 0.1) is 11.3 Å². The van der Waals surface area contributed by atoms with Crippen LogP contribution in [0.25, 0.3) is 22.3 Å². The first-order valence-electron chi connectivity index (χ1n) is 5.64. The molecule has 92 valence electrons. The zero-order chi connectivity index (χ0) is 13.4. The second-order valence-corrected chi connectivity index (χ2v) is 4.14. The molecule has 0 radical (unpaired) electrons. The summed E-state index contributed by atoms with van der Waals surface area (Å²) >= 11 is 0. The molecule has 4 heteroatoms. The van der Waals surface area contributed by atoms with E-state index >= 15 is 0 Å². The van der Waals surface area contributed by atoms with E-state index in [-0.39, 0.29) is 17.1 Å². The number of phenolic OH excluding ortho intramolecular Hbond substituents is 2. The molecule has 1 aromatic heterocycles. The van der Waals surface area contributed by atoms with Crippen molar-refractivity contribution in [3.63, 3.8) is 0 Å². The van der Waals surface area contributed by atoms with E-state index < -0.39 is 0 Å². The minimum absolute atomic E-state index is 0.0620. The lowest BCUT2D eigenvalue weighted by molar-refractivity contribution is 0.474. The van der Waals surface area contributed by atoms with Crippen molar-refractivity contribution < 1.29 is 14.6 Å². The molecule has 2 aromatic carbocycles. The summed E-state index contributed by atoms with van der Waals surface area (Å²) in [5.74, 6) is 0.695. The lowest BCUT2D eigenvalue weighted by Crippen LogP contribution is -1.76. The minimum Gasteiger partial charge on any atom is -0.508 e. The molecule has 0 spiro atoms. The molecule has 0 atom stereocenters. The van der Waals surface area contributed by atoms with Crippen molar-refractivity contribution in [1.29, 1.82) is 5.26 Å². The average molecular weight is 251 g/mol. The Balaban J connectivity index is 2.22. The number of furan rings is 1. The fraction of sp³-hybridized carbons (Fsp3) is 0. The highest BCUT2D eigenvalue weighted by molar-refractivity contribution is 5.89. The first kappa shape index (κ1) is 11.2. The minimum atomic E-state index is -0.0620. The van der Waals surface area contributed by atoms with Gasteiger partial charge in [-0.1, -0.05) is 0 Å². The van der Waals surface area contributed by atoms with Gasteiger partial charge in [0.2, 0.25) is 0 Å². The van der Waals surface area contributed by atoms with Crippen molar-refractivity contribution >= 4 is 11.0 Å². The van der Waals surface area contributed by atoms with Gasteiger partial charge in [-0.2, -0.15) is 5.26 Å². The largest absolute Gasteiger partial charge is 0.508 e. The molecule has 3 aromatic rings. The molecule has 0 aliphatic heterocycles. The summed E-state index contributed by atoms with van der Waals surface area (Å²) in [5.41, 5.74) is 1.53. The van der Waals surface area contributed by atoms with E-state index in [1.165, 1.54) is 6.07 Å². The van der Waals surface area contributed by atoms with Crippen LogP contribution in [0.15, 0.2) is 46.9 Å². The molecule has 0 saturated carbocycles. The number of benzene rings is 2. The molecule has 0 aliphatic carbocycles. The molecule has 0 saturated heterocycles. The first-order valence-corrected chi connectivity index (χ1v) is 5.64. The van der Waals surface area contributed by atoms with Crippen LogP contribution < -0.4 is 0 Å². The normalized spacial score (nSPS) is 10.5. The number of nitriles is 1. The second-order valence-electron chi connectivity index (χ2n) is 4.14. The fourth-order valence-electron chi connectivity index (χ4n) is 1.99. The van der Waals surface area contributed by atoms with Gasteiger partial charge in [-0.3, -0.25) is 0 Å². The second kappa shape index (κ2) is 4.07. The quantitative estimate of drug-likeness (QED) is 0.695. The summed E-state index contributed by atoms with van der Waals surface area (Å²) < 4.78 is 5.65. The summed E-state index contributed by atoms with van der Waals surface area (Å²) in [7, 11) is 0. The smallest absolute Gasteiger partial charge is 0.136 e. The van der Waals surface area contributed by atoms with Crippen LogP contribution >= 0.6 is 0 Å². The molecule has 3 rings (SSSR count). The van der Waals surface area contributed by atoms with E-state index in [0.717, 1.165) is 5.56 Å². The molecule has 0 aliphatic rings. The lowest BCUT2D eigenvalue weighted by Gasteiger charge is -1.96. The maximum Gasteiger partial charge on any atom is 0.136 e. The molecule has 0 amide bonds. The van der Waals surface area contributed by atoms with Gasteiger partial charge in [0.25, 0.3) is 0 Å². The third-order valence-electron chi connectivity index (χ3n) is 2.94. The Morgan fingerprint density at radius 1 is 1.00 bits per heavy atom. The van der Waals surface area contributed by atoms with Gasteiger partial charge in [-0.05, 0) is 42.5 Å². The number of fused-ring (bicyclic) bond motifs is 1. The van der Waals surface area contributed by atoms with Gasteiger partial charge < -0.3 is 14.6 Å². The van der Waals surface area contributed by atoms with E-state index in [0.29, 0.717) is 16.7 Å². The zero-order valence-electron chi connectivity index (χ0n) is 9.79. The number of aromatic hydroxyl groups is 2. The monoisotopic (exact) mass is 251 g/mol. The molecular formula is C15H9NO3. The van der Waals surface area contributed by atoms with Gasteiger partial charge in [0.15, 0.2) is 0 Å². The Kier molecular flexibility index (Phi) is 2.39. The molecule has 2 N–H and O–H groups in total. The SMILES string of the molecule is N#Cc1c(O)ccc2oc(-c3ccc(O)cc3)cc12. The van der Waals surface area contributed by atoms with Crippen LogP contribution in [0.5, 0.6) is 11.5 Å². The van der Waals surface area contributed by atoms with Gasteiger partial charge >= 0.3 is 0 Å². The highest BCUT2D eigenvalue weighted by atomic mass is 16.3. The number of phenols is 2. The third-order valence-corrected chi connectivity index (χ3v) is 2.94. The van der Waals surface area contributed by atoms with E-state index in [1.54, 1.807) is 36.4 Å². The maximum absolute atomic E-state index is 9.63. The van der Waals surface area contributed by atoms with Crippen molar-refractivity contribution in [2.24, 2.45) is 0 Å². The number of rotatable bonds is 1. The van der Waals surface area contributed by atoms with E-state index in [4.69, 9.17) is 9.68 Å². The van der Waals surface area contributed by atoms with Crippen LogP contribution in [-0.4, -0.2) is 10.2 Å². The van der Waals surface area contributed by atoms with Crippen molar-refractivity contribution in [1.82, 2.24) is 0 Å². The van der Waals surface area contributed by atoms with Crippen LogP contribution in [0.2, 0.25) is 0 Å². The number of hydrogen-bond acceptors (Lipinski definition) is 4. The standard InChI is InChI=1S/C15H9NO3/c16-8-12-11-7-15(9-1-3-10(17)4-2-9)19-14(11)6-5-13(12)18/h1-7,17-18H. The van der Waals surface area contributed by atoms with Crippen LogP contribution in [-0.2, 0) is 0 Å². The summed E-state index contributed by atoms with van der Waals surface area (Å²) in [6, 6.07) is 13.3. The summed E-state index contributed by atoms with van der Waals surface area (Å²) in [6.45, 7) is 0. The van der Waals surface area contributed by atoms with Crippen molar-refractivity contribution in [2.45, 2.75) is 0 Å². The highest BCUT2D eigenvalue weighted by Gasteiger charge is 2.12. The van der Waals surface area contributed by atoms with Gasteiger partial charge in [0, 0.05) is 10.9 Å². The average Bonchev–Trinajstić information content (AvgIpc) is 2.83. The van der Waals surface area contributed by atoms with Crippen LogP contribution in [0.4, 0.5) is 0 Å². The molecule has 1 heterocycles. The fourth-order valence-corrected chi connectivity index (χ4v) is 1.99. The topological polar surface area (TPSA) is 77.4 Å². The molecule has 19 heavy (non-hydrogen) atoms. The number of hydrogen-bond donors (Lipinski definition) is 2. The van der Waals surface area contributed by atoms with Gasteiger partial charge in [0.05, 0.1) is 0 Å². The van der Waals surface area contributed by atoms with E-state index in [2.05, 4.69) is 0 Å². The maximum atomic E-state index is 9.63. The lowest BCUT2D eigenvalue weighted by atomic mass is 10.1. The Labute approximate surface area is 108 Å². The Bertz CT molecular complexity index is 795. The molecule has 0 unspecified atom stereocenters. The Hall–Kier alpha value is -2.93. The third kappa shape index (κ3) is 1.78. The summed E-state index contributed by atoms with van der Waals surface area (Å²) in [4.78, 5) is 0. The van der Waals surface area contributed by atoms with Crippen LogP contribution in [0.1, 0.15) is 5.56 Å². The van der Waals surface area contributed by atoms with Crippen molar-refractivity contribution in [3.05, 3.63) is 48.0 Å². The van der Waals surface area contributed by atoms with E-state index in [1.807, 2.05) is 6.07 Å². The molecule has 0 bridgehead atoms. The van der Waals surface area contributed by atoms with Crippen molar-refractivity contribution in [3.8, 4) is 28.9 Å². The predicted octanol–water partition coefficient (Wildman–Crippen LogP) is 3.38. The summed E-state index contributed by atoms with van der Waals surface area (Å²) in [6.07, 6.45) is 0. The number of nitrogens with zero attached hydrogens (tertiary/aromatic N) is 1. The van der Waals surface area contributed by atoms with E-state index in [9.17, 15) is 10.2 Å². The Morgan fingerprint density at radius 3 is 2.42 bits per heavy atom. The molecule has 0 fully saturated rings. The highest BCUT2D eigenvalue weighted by Crippen LogP contribution is 2.33. The van der Waals surface area contributed by atoms with Crippen molar-refractivity contribution in [2.75, 3.05) is 0 Å². The van der Waals surface area contributed by atoms with Crippen LogP contribution in [0.3, 0.4) is 0 Å². The van der Waals surface area contributed by atoms with Gasteiger partial charge in [-0.25, -0.2) is 0 Å². The molecular weight excluding hydrogens is 242 g/mol. The summed E-state index contributed by atoms with van der Waals surface area (Å²) in [5, 5.41) is 28.5. The van der Waals surface area contributed by atoms with Gasteiger partial charge in [0.1, 0.15) is 34.5 Å². The Morgan fingerprint density at radius 2 is 1.74 bits per heavy atom.